The quantitative estimate of drug-likeness (QED) is 0.428. The maximum absolute atomic E-state index is 13.7. The Morgan fingerprint density at radius 2 is 1.82 bits per heavy atom. The number of hydrogen-bond acceptors (Lipinski definition) is 3. The molecule has 1 N–H and O–H groups in total. The Balaban J connectivity index is 1.36. The average molecular weight is 515 g/mol. The molecule has 5 nitrogen and oxygen atoms in total. The van der Waals surface area contributed by atoms with E-state index in [0.29, 0.717) is 18.8 Å². The summed E-state index contributed by atoms with van der Waals surface area (Å²) in [7, 11) is 0. The maximum Gasteiger partial charge on any atom is 0.261 e. The number of aryl methyl sites for hydroxylation is 1. The van der Waals surface area contributed by atoms with Gasteiger partial charge in [-0.2, -0.15) is 0 Å². The van der Waals surface area contributed by atoms with Gasteiger partial charge in [-0.15, -0.1) is 0 Å². The van der Waals surface area contributed by atoms with Gasteiger partial charge in [0.05, 0.1) is 6.04 Å². The van der Waals surface area contributed by atoms with Gasteiger partial charge in [0.1, 0.15) is 11.6 Å². The summed E-state index contributed by atoms with van der Waals surface area (Å²) in [4.78, 5) is 28.4. The minimum absolute atomic E-state index is 0.105. The van der Waals surface area contributed by atoms with Crippen molar-refractivity contribution in [3.8, 4) is 5.75 Å². The summed E-state index contributed by atoms with van der Waals surface area (Å²) >= 11 is 0. The Labute approximate surface area is 224 Å². The number of carbonyl (C=O) groups is 2. The van der Waals surface area contributed by atoms with Crippen LogP contribution < -0.4 is 10.1 Å². The third-order valence-corrected chi connectivity index (χ3v) is 7.75. The van der Waals surface area contributed by atoms with Gasteiger partial charge in [-0.1, -0.05) is 60.9 Å². The molecule has 1 aliphatic heterocycles. The SMILES string of the molecule is Cc1cccc(C2c3cc(OC(C)C(=O)NCc4ccc(F)cc4)ccc3CCN2C(=O)C2CCCC2)c1. The van der Waals surface area contributed by atoms with Crippen molar-refractivity contribution >= 4 is 11.8 Å². The highest BCUT2D eigenvalue weighted by molar-refractivity contribution is 5.81. The van der Waals surface area contributed by atoms with Crippen molar-refractivity contribution in [3.63, 3.8) is 0 Å². The Morgan fingerprint density at radius 3 is 2.55 bits per heavy atom. The number of hydrogen-bond donors (Lipinski definition) is 1. The third-order valence-electron chi connectivity index (χ3n) is 7.75. The van der Waals surface area contributed by atoms with Crippen molar-refractivity contribution in [3.05, 3.63) is 100 Å². The summed E-state index contributed by atoms with van der Waals surface area (Å²) in [6, 6.07) is 20.2. The van der Waals surface area contributed by atoms with Crippen LogP contribution in [0.4, 0.5) is 4.39 Å². The van der Waals surface area contributed by atoms with E-state index in [-0.39, 0.29) is 29.6 Å². The third kappa shape index (κ3) is 5.74. The normalized spacial score (nSPS) is 18.1. The first kappa shape index (κ1) is 26.0. The van der Waals surface area contributed by atoms with Crippen LogP contribution in [0.1, 0.15) is 66.5 Å². The maximum atomic E-state index is 13.7. The van der Waals surface area contributed by atoms with E-state index in [1.807, 2.05) is 18.2 Å². The van der Waals surface area contributed by atoms with Gasteiger partial charge in [-0.25, -0.2) is 4.39 Å². The molecule has 6 heteroatoms. The van der Waals surface area contributed by atoms with Crippen LogP contribution in [0.3, 0.4) is 0 Å². The lowest BCUT2D eigenvalue weighted by molar-refractivity contribution is -0.137. The molecule has 1 fully saturated rings. The summed E-state index contributed by atoms with van der Waals surface area (Å²) in [5, 5.41) is 2.86. The zero-order chi connectivity index (χ0) is 26.6. The molecule has 1 heterocycles. The number of amides is 2. The molecule has 0 saturated heterocycles. The van der Waals surface area contributed by atoms with Crippen LogP contribution in [0.2, 0.25) is 0 Å². The number of halogens is 1. The summed E-state index contributed by atoms with van der Waals surface area (Å²) in [5.74, 6) is 0.394. The largest absolute Gasteiger partial charge is 0.481 e. The molecule has 0 spiro atoms. The molecule has 2 aliphatic rings. The van der Waals surface area contributed by atoms with E-state index >= 15 is 0 Å². The van der Waals surface area contributed by atoms with Crippen LogP contribution >= 0.6 is 0 Å². The second kappa shape index (κ2) is 11.4. The molecule has 2 amide bonds. The van der Waals surface area contributed by atoms with Gasteiger partial charge in [-0.05, 0) is 79.6 Å². The van der Waals surface area contributed by atoms with Gasteiger partial charge in [0.15, 0.2) is 6.10 Å². The molecule has 0 aromatic heterocycles. The van der Waals surface area contributed by atoms with Crippen molar-refractivity contribution in [2.24, 2.45) is 5.92 Å². The number of ether oxygens (including phenoxy) is 1. The minimum Gasteiger partial charge on any atom is -0.481 e. The first-order valence-corrected chi connectivity index (χ1v) is 13.6. The van der Waals surface area contributed by atoms with Crippen LogP contribution in [0.15, 0.2) is 66.7 Å². The van der Waals surface area contributed by atoms with Crippen LogP contribution in [-0.4, -0.2) is 29.4 Å². The van der Waals surface area contributed by atoms with Crippen LogP contribution in [0.5, 0.6) is 5.75 Å². The van der Waals surface area contributed by atoms with E-state index in [1.165, 1.54) is 17.7 Å². The minimum atomic E-state index is -0.717. The van der Waals surface area contributed by atoms with Crippen molar-refractivity contribution in [2.45, 2.75) is 64.6 Å². The lowest BCUT2D eigenvalue weighted by atomic mass is 9.86. The number of fused-ring (bicyclic) bond motifs is 1. The predicted molar refractivity (Wildman–Crippen MR) is 145 cm³/mol. The lowest BCUT2D eigenvalue weighted by Crippen LogP contribution is -2.43. The van der Waals surface area contributed by atoms with Crippen molar-refractivity contribution < 1.29 is 18.7 Å². The summed E-state index contributed by atoms with van der Waals surface area (Å²) in [6.07, 6.45) is 4.26. The van der Waals surface area contributed by atoms with Crippen LogP contribution in [0.25, 0.3) is 0 Å². The highest BCUT2D eigenvalue weighted by atomic mass is 19.1. The van der Waals surface area contributed by atoms with E-state index in [2.05, 4.69) is 41.4 Å². The van der Waals surface area contributed by atoms with Gasteiger partial charge in [0.2, 0.25) is 5.91 Å². The molecule has 2 atom stereocenters. The van der Waals surface area contributed by atoms with Crippen LogP contribution in [0, 0.1) is 18.7 Å². The Bertz CT molecular complexity index is 1300. The fraction of sp³-hybridized carbons (Fsp3) is 0.375. The van der Waals surface area contributed by atoms with Crippen molar-refractivity contribution in [1.82, 2.24) is 10.2 Å². The molecule has 3 aromatic carbocycles. The smallest absolute Gasteiger partial charge is 0.261 e. The first-order chi connectivity index (χ1) is 18.4. The zero-order valence-corrected chi connectivity index (χ0v) is 22.1. The molecule has 1 saturated carbocycles. The fourth-order valence-corrected chi connectivity index (χ4v) is 5.70. The number of nitrogens with one attached hydrogen (secondary N) is 1. The summed E-state index contributed by atoms with van der Waals surface area (Å²) < 4.78 is 19.2. The predicted octanol–water partition coefficient (Wildman–Crippen LogP) is 5.88. The highest BCUT2D eigenvalue weighted by Gasteiger charge is 2.36. The monoisotopic (exact) mass is 514 g/mol. The van der Waals surface area contributed by atoms with Gasteiger partial charge in [0.25, 0.3) is 5.91 Å². The van der Waals surface area contributed by atoms with E-state index < -0.39 is 6.10 Å². The Kier molecular flexibility index (Phi) is 7.77. The molecular weight excluding hydrogens is 479 g/mol. The second-order valence-electron chi connectivity index (χ2n) is 10.5. The molecule has 0 bridgehead atoms. The van der Waals surface area contributed by atoms with Crippen molar-refractivity contribution in [2.75, 3.05) is 6.54 Å². The Morgan fingerprint density at radius 1 is 1.05 bits per heavy atom. The fourth-order valence-electron chi connectivity index (χ4n) is 5.70. The standard InChI is InChI=1S/C32H35FN2O3/c1-21-6-5-9-26(18-21)30-29-19-28(38-22(2)31(36)34-20-23-10-13-27(33)14-11-23)15-12-24(29)16-17-35(30)32(37)25-7-3-4-8-25/h5-6,9-15,18-19,22,25,30H,3-4,7-8,16-17,20H2,1-2H3,(H,34,36). The summed E-state index contributed by atoms with van der Waals surface area (Å²) in [5.41, 5.74) is 5.33. The second-order valence-corrected chi connectivity index (χ2v) is 10.5. The molecule has 38 heavy (non-hydrogen) atoms. The van der Waals surface area contributed by atoms with E-state index in [1.54, 1.807) is 19.1 Å². The molecular formula is C32H35FN2O3. The zero-order valence-electron chi connectivity index (χ0n) is 22.1. The number of rotatable bonds is 7. The van der Waals surface area contributed by atoms with Gasteiger partial charge in [0, 0.05) is 19.0 Å². The molecule has 5 rings (SSSR count). The van der Waals surface area contributed by atoms with Crippen LogP contribution in [-0.2, 0) is 22.6 Å². The number of benzene rings is 3. The number of nitrogens with zero attached hydrogens (tertiary/aromatic N) is 1. The van der Waals surface area contributed by atoms with E-state index in [0.717, 1.165) is 54.4 Å². The first-order valence-electron chi connectivity index (χ1n) is 13.6. The molecule has 2 unspecified atom stereocenters. The molecule has 0 radical (unpaired) electrons. The highest BCUT2D eigenvalue weighted by Crippen LogP contribution is 2.40. The summed E-state index contributed by atoms with van der Waals surface area (Å²) in [6.45, 7) is 4.78. The van der Waals surface area contributed by atoms with Gasteiger partial charge in [-0.3, -0.25) is 9.59 Å². The van der Waals surface area contributed by atoms with Gasteiger partial charge < -0.3 is 15.0 Å². The topological polar surface area (TPSA) is 58.6 Å². The van der Waals surface area contributed by atoms with E-state index in [4.69, 9.17) is 4.74 Å². The Hall–Kier alpha value is -3.67. The molecule has 1 aliphatic carbocycles. The average Bonchev–Trinajstić information content (AvgIpc) is 3.46. The van der Waals surface area contributed by atoms with Crippen molar-refractivity contribution in [1.29, 1.82) is 0 Å². The molecule has 198 valence electrons. The number of carbonyl (C=O) groups excluding carboxylic acids is 2. The van der Waals surface area contributed by atoms with Gasteiger partial charge >= 0.3 is 0 Å². The van der Waals surface area contributed by atoms with E-state index in [9.17, 15) is 14.0 Å². The molecule has 3 aromatic rings. The lowest BCUT2D eigenvalue weighted by Gasteiger charge is -2.39.